The fraction of sp³-hybridized carbons (Fsp3) is 0.0833. The van der Waals surface area contributed by atoms with Crippen molar-refractivity contribution in [3.05, 3.63) is 24.0 Å². The lowest BCUT2D eigenvalue weighted by atomic mass is 10.1. The standard InChI is InChI=1S/C12H10N4O3/c1-19-7-3-5(12(17)18)2-6-8-10(13)14-4-15-11(8)16-9(6)7/h2-4H,1H3,(H,17,18)(H3,13,14,15,16). The molecule has 0 fully saturated rings. The van der Waals surface area contributed by atoms with E-state index in [0.29, 0.717) is 33.5 Å². The molecule has 0 aliphatic carbocycles. The molecule has 0 aliphatic rings. The molecule has 0 saturated carbocycles. The molecular weight excluding hydrogens is 248 g/mol. The summed E-state index contributed by atoms with van der Waals surface area (Å²) >= 11 is 0. The molecule has 3 rings (SSSR count). The number of nitrogens with one attached hydrogen (secondary N) is 1. The SMILES string of the molecule is COc1cc(C(=O)O)cc2c1[nH]c1ncnc(N)c12. The van der Waals surface area contributed by atoms with E-state index in [1.54, 1.807) is 0 Å². The second kappa shape index (κ2) is 3.84. The number of aromatic amines is 1. The number of fused-ring (bicyclic) bond motifs is 3. The number of nitrogens with zero attached hydrogens (tertiary/aromatic N) is 2. The van der Waals surface area contributed by atoms with E-state index < -0.39 is 5.97 Å². The number of ether oxygens (including phenoxy) is 1. The first-order chi connectivity index (χ1) is 9.11. The van der Waals surface area contributed by atoms with Crippen molar-refractivity contribution >= 4 is 33.7 Å². The number of rotatable bonds is 2. The van der Waals surface area contributed by atoms with Crippen LogP contribution in [0.1, 0.15) is 10.4 Å². The molecule has 0 saturated heterocycles. The van der Waals surface area contributed by atoms with Crippen molar-refractivity contribution in [3.8, 4) is 5.75 Å². The summed E-state index contributed by atoms with van der Waals surface area (Å²) in [5.41, 5.74) is 7.14. The summed E-state index contributed by atoms with van der Waals surface area (Å²) in [6, 6.07) is 2.97. The average Bonchev–Trinajstić information content (AvgIpc) is 2.77. The monoisotopic (exact) mass is 258 g/mol. The van der Waals surface area contributed by atoms with E-state index in [1.807, 2.05) is 0 Å². The van der Waals surface area contributed by atoms with Gasteiger partial charge in [0.05, 0.1) is 23.6 Å². The van der Waals surface area contributed by atoms with Crippen LogP contribution >= 0.6 is 0 Å². The van der Waals surface area contributed by atoms with Crippen molar-refractivity contribution in [2.24, 2.45) is 0 Å². The van der Waals surface area contributed by atoms with Gasteiger partial charge in [-0.05, 0) is 12.1 Å². The Morgan fingerprint density at radius 2 is 2.21 bits per heavy atom. The second-order valence-electron chi connectivity index (χ2n) is 4.01. The number of hydrogen-bond acceptors (Lipinski definition) is 5. The predicted octanol–water partition coefficient (Wildman–Crippen LogP) is 1.40. The third-order valence-electron chi connectivity index (χ3n) is 2.96. The van der Waals surface area contributed by atoms with Crippen molar-refractivity contribution in [2.45, 2.75) is 0 Å². The summed E-state index contributed by atoms with van der Waals surface area (Å²) in [4.78, 5) is 22.2. The third-order valence-corrected chi connectivity index (χ3v) is 2.96. The lowest BCUT2D eigenvalue weighted by Gasteiger charge is -2.03. The molecule has 0 aliphatic heterocycles. The van der Waals surface area contributed by atoms with E-state index in [4.69, 9.17) is 15.6 Å². The number of H-pyrrole nitrogens is 1. The minimum Gasteiger partial charge on any atom is -0.495 e. The highest BCUT2D eigenvalue weighted by Crippen LogP contribution is 2.34. The van der Waals surface area contributed by atoms with E-state index >= 15 is 0 Å². The fourth-order valence-corrected chi connectivity index (χ4v) is 2.10. The van der Waals surface area contributed by atoms with Crippen molar-refractivity contribution in [1.29, 1.82) is 0 Å². The van der Waals surface area contributed by atoms with Crippen LogP contribution in [-0.2, 0) is 0 Å². The summed E-state index contributed by atoms with van der Waals surface area (Å²) in [7, 11) is 1.47. The first-order valence-electron chi connectivity index (χ1n) is 5.45. The number of nitrogens with two attached hydrogens (primary N) is 1. The van der Waals surface area contributed by atoms with Gasteiger partial charge in [0.1, 0.15) is 23.5 Å². The van der Waals surface area contributed by atoms with Gasteiger partial charge in [-0.2, -0.15) is 0 Å². The smallest absolute Gasteiger partial charge is 0.335 e. The zero-order valence-electron chi connectivity index (χ0n) is 9.97. The molecule has 7 nitrogen and oxygen atoms in total. The molecule has 2 heterocycles. The van der Waals surface area contributed by atoms with Crippen LogP contribution < -0.4 is 10.5 Å². The van der Waals surface area contributed by atoms with Crippen LogP contribution in [0.25, 0.3) is 21.9 Å². The largest absolute Gasteiger partial charge is 0.495 e. The van der Waals surface area contributed by atoms with E-state index in [-0.39, 0.29) is 5.56 Å². The molecule has 4 N–H and O–H groups in total. The Bertz CT molecular complexity index is 809. The quantitative estimate of drug-likeness (QED) is 0.640. The van der Waals surface area contributed by atoms with Crippen LogP contribution in [0.4, 0.5) is 5.82 Å². The summed E-state index contributed by atoms with van der Waals surface area (Å²) in [6.07, 6.45) is 1.34. The molecule has 0 amide bonds. The minimum absolute atomic E-state index is 0.119. The van der Waals surface area contributed by atoms with Crippen LogP contribution in [0.5, 0.6) is 5.75 Å². The highest BCUT2D eigenvalue weighted by molar-refractivity contribution is 6.14. The Balaban J connectivity index is 2.52. The number of carbonyl (C=O) groups is 1. The van der Waals surface area contributed by atoms with Crippen LogP contribution in [-0.4, -0.2) is 33.1 Å². The molecule has 2 aromatic heterocycles. The van der Waals surface area contributed by atoms with Gasteiger partial charge in [-0.25, -0.2) is 14.8 Å². The van der Waals surface area contributed by atoms with E-state index in [2.05, 4.69) is 15.0 Å². The molecule has 3 aromatic rings. The van der Waals surface area contributed by atoms with Crippen LogP contribution in [0, 0.1) is 0 Å². The number of aromatic carboxylic acids is 1. The van der Waals surface area contributed by atoms with Crippen molar-refractivity contribution in [3.63, 3.8) is 0 Å². The summed E-state index contributed by atoms with van der Waals surface area (Å²) in [5.74, 6) is -0.321. The van der Waals surface area contributed by atoms with Crippen LogP contribution in [0.3, 0.4) is 0 Å². The molecule has 0 atom stereocenters. The Morgan fingerprint density at radius 1 is 1.42 bits per heavy atom. The number of methoxy groups -OCH3 is 1. The van der Waals surface area contributed by atoms with Crippen molar-refractivity contribution in [1.82, 2.24) is 15.0 Å². The van der Waals surface area contributed by atoms with Gasteiger partial charge in [0.25, 0.3) is 0 Å². The topological polar surface area (TPSA) is 114 Å². The maximum absolute atomic E-state index is 11.1. The fourth-order valence-electron chi connectivity index (χ4n) is 2.10. The van der Waals surface area contributed by atoms with Gasteiger partial charge >= 0.3 is 5.97 Å². The summed E-state index contributed by atoms with van der Waals surface area (Å²) < 4.78 is 5.20. The zero-order chi connectivity index (χ0) is 13.6. The van der Waals surface area contributed by atoms with Crippen LogP contribution in [0.2, 0.25) is 0 Å². The zero-order valence-corrected chi connectivity index (χ0v) is 9.97. The third kappa shape index (κ3) is 1.55. The minimum atomic E-state index is -1.04. The van der Waals surface area contributed by atoms with Crippen LogP contribution in [0.15, 0.2) is 18.5 Å². The summed E-state index contributed by atoms with van der Waals surface area (Å²) in [5, 5.41) is 10.3. The first-order valence-corrected chi connectivity index (χ1v) is 5.45. The number of aromatic nitrogens is 3. The summed E-state index contributed by atoms with van der Waals surface area (Å²) in [6.45, 7) is 0. The van der Waals surface area contributed by atoms with Gasteiger partial charge in [0.15, 0.2) is 0 Å². The van der Waals surface area contributed by atoms with Gasteiger partial charge in [-0.15, -0.1) is 0 Å². The lowest BCUT2D eigenvalue weighted by Crippen LogP contribution is -1.97. The van der Waals surface area contributed by atoms with Crippen molar-refractivity contribution < 1.29 is 14.6 Å². The molecular formula is C12H10N4O3. The number of benzene rings is 1. The molecule has 0 radical (unpaired) electrons. The maximum atomic E-state index is 11.1. The number of carboxylic acids is 1. The van der Waals surface area contributed by atoms with Gasteiger partial charge in [0.2, 0.25) is 0 Å². The van der Waals surface area contributed by atoms with Gasteiger partial charge < -0.3 is 20.6 Å². The molecule has 96 valence electrons. The lowest BCUT2D eigenvalue weighted by molar-refractivity contribution is 0.0696. The normalized spacial score (nSPS) is 11.0. The Morgan fingerprint density at radius 3 is 2.89 bits per heavy atom. The number of hydrogen-bond donors (Lipinski definition) is 3. The average molecular weight is 258 g/mol. The molecule has 0 spiro atoms. The highest BCUT2D eigenvalue weighted by Gasteiger charge is 2.16. The second-order valence-corrected chi connectivity index (χ2v) is 4.01. The first kappa shape index (κ1) is 11.3. The highest BCUT2D eigenvalue weighted by atomic mass is 16.5. The maximum Gasteiger partial charge on any atom is 0.335 e. The van der Waals surface area contributed by atoms with Gasteiger partial charge in [-0.1, -0.05) is 0 Å². The molecule has 0 unspecified atom stereocenters. The Labute approximate surface area is 107 Å². The number of anilines is 1. The molecule has 1 aromatic carbocycles. The molecule has 7 heteroatoms. The number of nitrogen functional groups attached to an aromatic ring is 1. The van der Waals surface area contributed by atoms with Crippen molar-refractivity contribution in [2.75, 3.05) is 12.8 Å². The van der Waals surface area contributed by atoms with Gasteiger partial charge in [-0.3, -0.25) is 0 Å². The van der Waals surface area contributed by atoms with E-state index in [9.17, 15) is 4.79 Å². The van der Waals surface area contributed by atoms with Gasteiger partial charge in [0, 0.05) is 5.39 Å². The predicted molar refractivity (Wildman–Crippen MR) is 69.3 cm³/mol. The molecule has 0 bridgehead atoms. The number of carboxylic acid groups (broad SMARTS) is 1. The van der Waals surface area contributed by atoms with E-state index in [1.165, 1.54) is 25.6 Å². The Kier molecular flexibility index (Phi) is 2.28. The Hall–Kier alpha value is -2.83. The molecule has 19 heavy (non-hydrogen) atoms. The van der Waals surface area contributed by atoms with E-state index in [0.717, 1.165) is 0 Å².